The number of hydrogen-bond donors (Lipinski definition) is 6. The third-order valence-corrected chi connectivity index (χ3v) is 11.1. The maximum absolute atomic E-state index is 12.8. The Hall–Kier alpha value is -5.25. The van der Waals surface area contributed by atoms with Crippen molar-refractivity contribution >= 4 is 109 Å². The molecule has 0 unspecified atom stereocenters. The first-order chi connectivity index (χ1) is 25.6. The van der Waals surface area contributed by atoms with Gasteiger partial charge in [-0.25, -0.2) is 12.6 Å². The summed E-state index contributed by atoms with van der Waals surface area (Å²) in [7, 11) is -18.8. The van der Waals surface area contributed by atoms with Crippen molar-refractivity contribution in [1.82, 2.24) is 15.0 Å². The zero-order chi connectivity index (χ0) is 40.3. The third-order valence-electron chi connectivity index (χ3n) is 6.99. The molecule has 1 amide bonds. The van der Waals surface area contributed by atoms with Crippen LogP contribution in [-0.2, 0) is 49.5 Å². The normalized spacial score (nSPS) is 12.5. The van der Waals surface area contributed by atoms with Crippen molar-refractivity contribution in [3.05, 3.63) is 78.1 Å². The lowest BCUT2D eigenvalue weighted by Crippen LogP contribution is -2.16. The van der Waals surface area contributed by atoms with Gasteiger partial charge in [0, 0.05) is 23.4 Å². The molecule has 1 heterocycles. The number of carbonyl (C=O) groups is 1. The number of nitrogens with zero attached hydrogens (tertiary/aromatic N) is 5. The van der Waals surface area contributed by atoms with Crippen LogP contribution in [0.15, 0.2) is 97.7 Å². The van der Waals surface area contributed by atoms with Crippen LogP contribution in [0.2, 0.25) is 5.28 Å². The van der Waals surface area contributed by atoms with Crippen LogP contribution in [0.25, 0.3) is 10.8 Å². The van der Waals surface area contributed by atoms with Crippen molar-refractivity contribution in [3.8, 4) is 0 Å². The van der Waals surface area contributed by atoms with Gasteiger partial charge in [0.25, 0.3) is 20.2 Å². The summed E-state index contributed by atoms with van der Waals surface area (Å²) >= 11 is 6.09. The van der Waals surface area contributed by atoms with E-state index in [1.807, 2.05) is 0 Å². The summed E-state index contributed by atoms with van der Waals surface area (Å²) in [6.07, 6.45) is 0. The van der Waals surface area contributed by atoms with Gasteiger partial charge in [0.2, 0.25) is 23.1 Å². The summed E-state index contributed by atoms with van der Waals surface area (Å²) in [5, 5.41) is 16.4. The molecule has 21 nitrogen and oxygen atoms in total. The maximum atomic E-state index is 12.8. The molecule has 0 aliphatic rings. The van der Waals surface area contributed by atoms with Gasteiger partial charge in [-0.15, -0.1) is 10.2 Å². The average molecular weight is 857 g/mol. The van der Waals surface area contributed by atoms with Crippen LogP contribution < -0.4 is 16.0 Å². The molecule has 0 saturated carbocycles. The molecule has 26 heteroatoms. The van der Waals surface area contributed by atoms with E-state index in [-0.39, 0.29) is 39.0 Å². The van der Waals surface area contributed by atoms with Gasteiger partial charge in [0.05, 0.1) is 34.3 Å². The molecule has 4 aromatic carbocycles. The van der Waals surface area contributed by atoms with E-state index in [2.05, 4.69) is 45.3 Å². The molecule has 0 spiro atoms. The number of fused-ring (bicyclic) bond motifs is 1. The molecule has 0 atom stereocenters. The lowest BCUT2D eigenvalue weighted by Gasteiger charge is -2.13. The second-order valence-electron chi connectivity index (χ2n) is 10.9. The van der Waals surface area contributed by atoms with Crippen LogP contribution in [0.1, 0.15) is 6.92 Å². The first kappa shape index (κ1) is 40.9. The van der Waals surface area contributed by atoms with Crippen molar-refractivity contribution in [2.75, 3.05) is 28.3 Å². The van der Waals surface area contributed by atoms with Gasteiger partial charge in [-0.2, -0.15) is 40.2 Å². The molecule has 0 bridgehead atoms. The summed E-state index contributed by atoms with van der Waals surface area (Å²) in [5.41, 5.74) is 0.215. The molecular formula is C29H25ClN8O13S4. The van der Waals surface area contributed by atoms with Crippen molar-refractivity contribution in [3.63, 3.8) is 0 Å². The largest absolute Gasteiger partial charge is 0.397 e. The predicted molar refractivity (Wildman–Crippen MR) is 196 cm³/mol. The van der Waals surface area contributed by atoms with Gasteiger partial charge in [-0.05, 0) is 60.1 Å². The molecule has 5 rings (SSSR count). The quantitative estimate of drug-likeness (QED) is 0.0655. The van der Waals surface area contributed by atoms with Crippen LogP contribution in [0.5, 0.6) is 0 Å². The number of halogens is 1. The Morgan fingerprint density at radius 2 is 1.33 bits per heavy atom. The predicted octanol–water partition coefficient (Wildman–Crippen LogP) is 4.63. The zero-order valence-electron chi connectivity index (χ0n) is 27.5. The monoisotopic (exact) mass is 856 g/mol. The lowest BCUT2D eigenvalue weighted by molar-refractivity contribution is -0.114. The fraction of sp³-hybridized carbons (Fsp3) is 0.103. The summed E-state index contributed by atoms with van der Waals surface area (Å²) in [5.74, 6) is -2.15. The second-order valence-corrected chi connectivity index (χ2v) is 17.2. The van der Waals surface area contributed by atoms with E-state index in [0.717, 1.165) is 18.2 Å². The Morgan fingerprint density at radius 1 is 0.727 bits per heavy atom. The number of rotatable bonds is 14. The van der Waals surface area contributed by atoms with Gasteiger partial charge < -0.3 is 16.0 Å². The third kappa shape index (κ3) is 10.7. The Labute approximate surface area is 317 Å². The Morgan fingerprint density at radius 3 is 1.96 bits per heavy atom. The van der Waals surface area contributed by atoms with Gasteiger partial charge in [-0.1, -0.05) is 24.3 Å². The molecule has 290 valence electrons. The van der Waals surface area contributed by atoms with Gasteiger partial charge >= 0.3 is 10.4 Å². The van der Waals surface area contributed by atoms with E-state index in [1.165, 1.54) is 43.3 Å². The van der Waals surface area contributed by atoms with E-state index in [1.54, 1.807) is 18.2 Å². The minimum atomic E-state index is -4.98. The fourth-order valence-corrected chi connectivity index (χ4v) is 7.76. The number of amides is 1. The highest BCUT2D eigenvalue weighted by Gasteiger charge is 2.23. The Bertz CT molecular complexity index is 2830. The lowest BCUT2D eigenvalue weighted by atomic mass is 10.1. The van der Waals surface area contributed by atoms with Crippen LogP contribution in [0.4, 0.5) is 40.3 Å². The SMILES string of the molecule is CC(=O)Nc1cc(Nc2nc(Cl)nc(Nc3cc(S(=O)(=O)CCOS(=O)(=O)O)ccc3S(=O)(=O)O)n2)ccc1N=Nc1ccc(S(=O)(=O)O)c2ccccc12. The molecular weight excluding hydrogens is 832 g/mol. The average Bonchev–Trinajstić information content (AvgIpc) is 3.05. The van der Waals surface area contributed by atoms with E-state index < -0.39 is 85.4 Å². The van der Waals surface area contributed by atoms with Crippen LogP contribution in [0, 0.1) is 0 Å². The van der Waals surface area contributed by atoms with Gasteiger partial charge in [0.15, 0.2) is 9.84 Å². The Kier molecular flexibility index (Phi) is 11.8. The maximum Gasteiger partial charge on any atom is 0.397 e. The number of sulfone groups is 1. The summed E-state index contributed by atoms with van der Waals surface area (Å²) in [4.78, 5) is 22.3. The first-order valence-electron chi connectivity index (χ1n) is 14.8. The topological polar surface area (TPSA) is 323 Å². The van der Waals surface area contributed by atoms with Crippen molar-refractivity contribution in [2.24, 2.45) is 10.2 Å². The molecule has 0 saturated heterocycles. The fourth-order valence-electron chi connectivity index (χ4n) is 4.77. The zero-order valence-corrected chi connectivity index (χ0v) is 31.5. The van der Waals surface area contributed by atoms with E-state index in [0.29, 0.717) is 5.39 Å². The minimum Gasteiger partial charge on any atom is -0.324 e. The molecule has 0 aliphatic heterocycles. The number of anilines is 5. The van der Waals surface area contributed by atoms with Crippen molar-refractivity contribution in [2.45, 2.75) is 21.6 Å². The molecule has 6 N–H and O–H groups in total. The standard InChI is InChI=1S/C29H25ClN8O13S4/c1-16(39)31-23-14-17(6-8-22(23)38-37-21-9-11-25(53(42,43)44)20-5-3-2-4-19(20)21)32-28-34-27(30)35-29(36-28)33-24-15-18(7-10-26(24)54(45,46)47)52(40,41)13-12-51-55(48,49)50/h2-11,14-15H,12-13H2,1H3,(H,31,39)(H,42,43,44)(H,45,46,47)(H,48,49,50)(H2,32,33,34,35,36). The summed E-state index contributed by atoms with van der Waals surface area (Å²) in [6, 6.07) is 15.5. The second kappa shape index (κ2) is 15.8. The molecule has 0 aliphatic carbocycles. The number of azo groups is 1. The highest BCUT2D eigenvalue weighted by Crippen LogP contribution is 2.35. The number of hydrogen-bond acceptors (Lipinski definition) is 17. The minimum absolute atomic E-state index is 0.136. The van der Waals surface area contributed by atoms with E-state index in [4.69, 9.17) is 16.2 Å². The summed E-state index contributed by atoms with van der Waals surface area (Å²) < 4.78 is 127. The number of carbonyl (C=O) groups excluding carboxylic acids is 1. The first-order valence-corrected chi connectivity index (χ1v) is 21.1. The summed E-state index contributed by atoms with van der Waals surface area (Å²) in [6.45, 7) is 0.265. The van der Waals surface area contributed by atoms with Gasteiger partial charge in [-0.3, -0.25) is 18.5 Å². The molecule has 55 heavy (non-hydrogen) atoms. The molecule has 1 aromatic heterocycles. The number of benzene rings is 4. The van der Waals surface area contributed by atoms with Gasteiger partial charge in [0.1, 0.15) is 15.5 Å². The highest BCUT2D eigenvalue weighted by atomic mass is 35.5. The van der Waals surface area contributed by atoms with Crippen LogP contribution >= 0.6 is 11.6 Å². The van der Waals surface area contributed by atoms with E-state index >= 15 is 0 Å². The van der Waals surface area contributed by atoms with Crippen LogP contribution in [0.3, 0.4) is 0 Å². The number of aromatic nitrogens is 3. The van der Waals surface area contributed by atoms with Crippen molar-refractivity contribution < 1.29 is 56.3 Å². The Balaban J connectivity index is 1.44. The van der Waals surface area contributed by atoms with E-state index in [9.17, 15) is 47.6 Å². The molecule has 0 fully saturated rings. The number of nitrogens with one attached hydrogen (secondary N) is 3. The highest BCUT2D eigenvalue weighted by molar-refractivity contribution is 7.91. The van der Waals surface area contributed by atoms with Crippen molar-refractivity contribution in [1.29, 1.82) is 0 Å². The molecule has 5 aromatic rings. The molecule has 0 radical (unpaired) electrons. The van der Waals surface area contributed by atoms with Crippen LogP contribution in [-0.4, -0.2) is 80.5 Å². The smallest absolute Gasteiger partial charge is 0.324 e.